The van der Waals surface area contributed by atoms with Crippen LogP contribution >= 0.6 is 11.6 Å². The van der Waals surface area contributed by atoms with Crippen molar-refractivity contribution in [2.45, 2.75) is 51.5 Å². The molecule has 4 heteroatoms. The van der Waals surface area contributed by atoms with Crippen molar-refractivity contribution in [2.24, 2.45) is 5.41 Å². The van der Waals surface area contributed by atoms with E-state index in [-0.39, 0.29) is 5.91 Å². The lowest BCUT2D eigenvalue weighted by atomic mass is 9.73. The van der Waals surface area contributed by atoms with Gasteiger partial charge in [0.15, 0.2) is 0 Å². The molecule has 1 N–H and O–H groups in total. The Morgan fingerprint density at radius 3 is 2.83 bits per heavy atom. The molecule has 0 radical (unpaired) electrons. The topological polar surface area (TPSA) is 36.1 Å². The Labute approximate surface area is 142 Å². The summed E-state index contributed by atoms with van der Waals surface area (Å²) in [4.78, 5) is 18.3. The molecule has 1 aromatic carbocycles. The number of para-hydroxylation sites is 1. The van der Waals surface area contributed by atoms with Gasteiger partial charge in [-0.25, -0.2) is 0 Å². The van der Waals surface area contributed by atoms with Crippen molar-refractivity contribution in [3.63, 3.8) is 0 Å². The number of rotatable bonds is 1. The van der Waals surface area contributed by atoms with E-state index in [2.05, 4.69) is 16.8 Å². The molecule has 1 saturated carbocycles. The maximum absolute atomic E-state index is 13.0. The Bertz CT molecular complexity index is 745. The molecule has 1 saturated heterocycles. The number of aromatic amines is 1. The minimum atomic E-state index is 0.118. The number of carbonyl (C=O) groups excluding carboxylic acids is 1. The number of fused-ring (bicyclic) bond motifs is 1. The second-order valence-electron chi connectivity index (χ2n) is 7.43. The lowest BCUT2D eigenvalue weighted by Crippen LogP contribution is -2.36. The van der Waals surface area contributed by atoms with Gasteiger partial charge in [-0.3, -0.25) is 4.79 Å². The third kappa shape index (κ3) is 2.55. The number of amides is 1. The van der Waals surface area contributed by atoms with Crippen LogP contribution in [0.4, 0.5) is 0 Å². The van der Waals surface area contributed by atoms with E-state index in [0.29, 0.717) is 22.2 Å². The summed E-state index contributed by atoms with van der Waals surface area (Å²) in [6, 6.07) is 8.02. The fraction of sp³-hybridized carbons (Fsp3) is 0.526. The molecule has 1 aromatic heterocycles. The Kier molecular flexibility index (Phi) is 3.64. The van der Waals surface area contributed by atoms with Gasteiger partial charge in [0.2, 0.25) is 0 Å². The first kappa shape index (κ1) is 15.1. The fourth-order valence-electron chi connectivity index (χ4n) is 4.64. The maximum Gasteiger partial charge on any atom is 0.270 e. The predicted molar refractivity (Wildman–Crippen MR) is 93.9 cm³/mol. The summed E-state index contributed by atoms with van der Waals surface area (Å²) in [6.45, 7) is 3.10. The number of halogens is 1. The molecule has 2 fully saturated rings. The van der Waals surface area contributed by atoms with Gasteiger partial charge in [0.25, 0.3) is 5.91 Å². The van der Waals surface area contributed by atoms with Crippen LogP contribution in [0.15, 0.2) is 24.3 Å². The van der Waals surface area contributed by atoms with Crippen LogP contribution in [0.2, 0.25) is 5.02 Å². The van der Waals surface area contributed by atoms with E-state index in [1.54, 1.807) is 0 Å². The van der Waals surface area contributed by atoms with Crippen molar-refractivity contribution in [3.8, 4) is 0 Å². The summed E-state index contributed by atoms with van der Waals surface area (Å²) in [7, 11) is 0. The maximum atomic E-state index is 13.0. The van der Waals surface area contributed by atoms with Gasteiger partial charge < -0.3 is 9.88 Å². The van der Waals surface area contributed by atoms with Crippen LogP contribution in [0.25, 0.3) is 10.9 Å². The highest BCUT2D eigenvalue weighted by Gasteiger charge is 2.44. The molecule has 122 valence electrons. The zero-order valence-corrected chi connectivity index (χ0v) is 14.3. The number of likely N-dealkylation sites (tertiary alicyclic amines) is 1. The average molecular weight is 331 g/mol. The van der Waals surface area contributed by atoms with E-state index in [1.165, 1.54) is 32.1 Å². The van der Waals surface area contributed by atoms with E-state index in [4.69, 9.17) is 11.6 Å². The fourth-order valence-corrected chi connectivity index (χ4v) is 4.87. The molecular formula is C19H23ClN2O. The Hall–Kier alpha value is -1.48. The van der Waals surface area contributed by atoms with Crippen molar-refractivity contribution < 1.29 is 4.79 Å². The molecular weight excluding hydrogens is 308 g/mol. The standard InChI is InChI=1S/C19H23ClN2O/c1-13-11-19(8-3-2-4-9-19)12-22(13)18(23)16-10-14-6-5-7-15(20)17(14)21-16/h5-7,10,13,21H,2-4,8-9,11-12H2,1H3. The molecule has 1 aliphatic carbocycles. The SMILES string of the molecule is CC1CC2(CCCCC2)CN1C(=O)c1cc2cccc(Cl)c2[nH]1. The number of nitrogens with zero attached hydrogens (tertiary/aromatic N) is 1. The van der Waals surface area contributed by atoms with Crippen molar-refractivity contribution >= 4 is 28.4 Å². The van der Waals surface area contributed by atoms with Crippen LogP contribution in [0.3, 0.4) is 0 Å². The smallest absolute Gasteiger partial charge is 0.270 e. The summed E-state index contributed by atoms with van der Waals surface area (Å²) in [5, 5.41) is 1.67. The van der Waals surface area contributed by atoms with Crippen LogP contribution in [-0.4, -0.2) is 28.4 Å². The van der Waals surface area contributed by atoms with Crippen molar-refractivity contribution in [1.82, 2.24) is 9.88 Å². The van der Waals surface area contributed by atoms with Gasteiger partial charge in [-0.1, -0.05) is 43.0 Å². The lowest BCUT2D eigenvalue weighted by molar-refractivity contribution is 0.0716. The van der Waals surface area contributed by atoms with E-state index in [9.17, 15) is 4.79 Å². The first-order valence-corrected chi connectivity index (χ1v) is 9.04. The highest BCUT2D eigenvalue weighted by molar-refractivity contribution is 6.35. The molecule has 0 bridgehead atoms. The minimum Gasteiger partial charge on any atom is -0.349 e. The van der Waals surface area contributed by atoms with Crippen molar-refractivity contribution in [3.05, 3.63) is 35.0 Å². The van der Waals surface area contributed by atoms with Gasteiger partial charge in [0.1, 0.15) is 5.69 Å². The van der Waals surface area contributed by atoms with E-state index >= 15 is 0 Å². The lowest BCUT2D eigenvalue weighted by Gasteiger charge is -2.33. The Morgan fingerprint density at radius 2 is 2.09 bits per heavy atom. The number of benzene rings is 1. The quantitative estimate of drug-likeness (QED) is 0.784. The van der Waals surface area contributed by atoms with E-state index in [1.807, 2.05) is 24.3 Å². The highest BCUT2D eigenvalue weighted by Crippen LogP contribution is 2.46. The van der Waals surface area contributed by atoms with Gasteiger partial charge in [-0.05, 0) is 43.7 Å². The molecule has 2 heterocycles. The summed E-state index contributed by atoms with van der Waals surface area (Å²) >= 11 is 6.22. The molecule has 3 nitrogen and oxygen atoms in total. The number of H-pyrrole nitrogens is 1. The molecule has 2 aliphatic rings. The van der Waals surface area contributed by atoms with Crippen LogP contribution < -0.4 is 0 Å². The van der Waals surface area contributed by atoms with Crippen LogP contribution in [0.1, 0.15) is 55.9 Å². The number of hydrogen-bond acceptors (Lipinski definition) is 1. The molecule has 1 spiro atoms. The summed E-state index contributed by atoms with van der Waals surface area (Å²) in [5.74, 6) is 0.118. The van der Waals surface area contributed by atoms with E-state index in [0.717, 1.165) is 23.9 Å². The van der Waals surface area contributed by atoms with Crippen molar-refractivity contribution in [1.29, 1.82) is 0 Å². The predicted octanol–water partition coefficient (Wildman–Crippen LogP) is 5.01. The Balaban J connectivity index is 1.61. The van der Waals surface area contributed by atoms with Crippen LogP contribution in [-0.2, 0) is 0 Å². The normalized spacial score (nSPS) is 23.7. The van der Waals surface area contributed by atoms with Gasteiger partial charge in [-0.2, -0.15) is 0 Å². The summed E-state index contributed by atoms with van der Waals surface area (Å²) in [5.41, 5.74) is 1.89. The molecule has 1 unspecified atom stereocenters. The van der Waals surface area contributed by atoms with Crippen LogP contribution in [0, 0.1) is 5.41 Å². The number of hydrogen-bond donors (Lipinski definition) is 1. The molecule has 1 aliphatic heterocycles. The second kappa shape index (κ2) is 5.55. The van der Waals surface area contributed by atoms with Gasteiger partial charge in [-0.15, -0.1) is 0 Å². The Morgan fingerprint density at radius 1 is 1.30 bits per heavy atom. The molecule has 1 atom stereocenters. The van der Waals surface area contributed by atoms with Gasteiger partial charge in [0, 0.05) is 18.0 Å². The summed E-state index contributed by atoms with van der Waals surface area (Å²) < 4.78 is 0. The second-order valence-corrected chi connectivity index (χ2v) is 7.84. The monoisotopic (exact) mass is 330 g/mol. The first-order valence-electron chi connectivity index (χ1n) is 8.66. The molecule has 1 amide bonds. The molecule has 2 aromatic rings. The number of nitrogens with one attached hydrogen (secondary N) is 1. The molecule has 23 heavy (non-hydrogen) atoms. The number of aromatic nitrogens is 1. The van der Waals surface area contributed by atoms with E-state index < -0.39 is 0 Å². The largest absolute Gasteiger partial charge is 0.349 e. The summed E-state index contributed by atoms with van der Waals surface area (Å²) in [6.07, 6.45) is 7.69. The average Bonchev–Trinajstić information content (AvgIpc) is 3.10. The molecule has 4 rings (SSSR count). The third-order valence-electron chi connectivity index (χ3n) is 5.78. The van der Waals surface area contributed by atoms with Crippen molar-refractivity contribution in [2.75, 3.05) is 6.54 Å². The number of carbonyl (C=O) groups is 1. The highest BCUT2D eigenvalue weighted by atomic mass is 35.5. The minimum absolute atomic E-state index is 0.118. The zero-order valence-electron chi connectivity index (χ0n) is 13.6. The third-order valence-corrected chi connectivity index (χ3v) is 6.09. The zero-order chi connectivity index (χ0) is 16.0. The van der Waals surface area contributed by atoms with Gasteiger partial charge >= 0.3 is 0 Å². The van der Waals surface area contributed by atoms with Crippen LogP contribution in [0.5, 0.6) is 0 Å². The first-order chi connectivity index (χ1) is 11.1. The van der Waals surface area contributed by atoms with Gasteiger partial charge in [0.05, 0.1) is 10.5 Å².